The summed E-state index contributed by atoms with van der Waals surface area (Å²) < 4.78 is 47.8. The third-order valence-electron chi connectivity index (χ3n) is 5.92. The van der Waals surface area contributed by atoms with Crippen molar-refractivity contribution < 1.29 is 22.7 Å². The molecule has 0 aromatic heterocycles. The monoisotopic (exact) mass is 465 g/mol. The Balaban J connectivity index is 1.97. The van der Waals surface area contributed by atoms with Gasteiger partial charge >= 0.3 is 6.18 Å². The topological polar surface area (TPSA) is 79.3 Å². The fourth-order valence-corrected chi connectivity index (χ4v) is 4.29. The molecule has 1 aliphatic rings. The molecule has 3 aromatic carbocycles. The molecule has 4 rings (SSSR count). The smallest absolute Gasteiger partial charge is 0.378 e. The van der Waals surface area contributed by atoms with Crippen molar-refractivity contribution in [3.8, 4) is 28.3 Å². The minimum Gasteiger partial charge on any atom is -0.378 e. The highest BCUT2D eigenvalue weighted by molar-refractivity contribution is 6.05. The molecule has 0 saturated carbocycles. The van der Waals surface area contributed by atoms with Crippen molar-refractivity contribution in [2.75, 3.05) is 31.2 Å². The van der Waals surface area contributed by atoms with Crippen molar-refractivity contribution in [3.63, 3.8) is 0 Å². The summed E-state index contributed by atoms with van der Waals surface area (Å²) in [5, 5.41) is 9.11. The van der Waals surface area contributed by atoms with E-state index < -0.39 is 17.6 Å². The average molecular weight is 465 g/mol. The average Bonchev–Trinajstić information content (AvgIpc) is 2.83. The lowest BCUT2D eigenvalue weighted by Gasteiger charge is -2.31. The van der Waals surface area contributed by atoms with Crippen LogP contribution in [0.3, 0.4) is 0 Å². The summed E-state index contributed by atoms with van der Waals surface area (Å²) in [6, 6.07) is 16.1. The second kappa shape index (κ2) is 9.20. The third-order valence-corrected chi connectivity index (χ3v) is 5.92. The SMILES string of the molecule is Cc1ccc(C(N)=O)c(-c2ccc(N3CCOCC3)c(C(F)(F)F)c2)c1-c1ccc(C#N)cc1. The molecule has 0 unspecified atom stereocenters. The van der Waals surface area contributed by atoms with E-state index in [0.717, 1.165) is 11.6 Å². The Morgan fingerprint density at radius 3 is 2.24 bits per heavy atom. The van der Waals surface area contributed by atoms with Crippen LogP contribution in [0.5, 0.6) is 0 Å². The van der Waals surface area contributed by atoms with Crippen LogP contribution in [0, 0.1) is 18.3 Å². The molecule has 8 heteroatoms. The molecule has 1 amide bonds. The van der Waals surface area contributed by atoms with Gasteiger partial charge in [-0.2, -0.15) is 18.4 Å². The van der Waals surface area contributed by atoms with Gasteiger partial charge in [-0.25, -0.2) is 0 Å². The molecule has 1 aliphatic heterocycles. The zero-order valence-corrected chi connectivity index (χ0v) is 18.4. The second-order valence-corrected chi connectivity index (χ2v) is 8.06. The van der Waals surface area contributed by atoms with Crippen LogP contribution in [0.4, 0.5) is 18.9 Å². The van der Waals surface area contributed by atoms with Crippen molar-refractivity contribution in [1.82, 2.24) is 0 Å². The number of ether oxygens (including phenoxy) is 1. The number of rotatable bonds is 4. The van der Waals surface area contributed by atoms with E-state index in [1.165, 1.54) is 12.1 Å². The van der Waals surface area contributed by atoms with Crippen LogP contribution in [0.2, 0.25) is 0 Å². The molecule has 3 aromatic rings. The van der Waals surface area contributed by atoms with Gasteiger partial charge in [0.15, 0.2) is 0 Å². The Kier molecular flexibility index (Phi) is 6.31. The first-order valence-electron chi connectivity index (χ1n) is 10.7. The van der Waals surface area contributed by atoms with Crippen molar-refractivity contribution in [1.29, 1.82) is 5.26 Å². The highest BCUT2D eigenvalue weighted by atomic mass is 19.4. The molecular formula is C26H22F3N3O2. The number of carbonyl (C=O) groups is 1. The van der Waals surface area contributed by atoms with Crippen LogP contribution >= 0.6 is 0 Å². The van der Waals surface area contributed by atoms with Crippen molar-refractivity contribution >= 4 is 11.6 Å². The van der Waals surface area contributed by atoms with Gasteiger partial charge in [0, 0.05) is 29.9 Å². The van der Waals surface area contributed by atoms with Gasteiger partial charge in [0.2, 0.25) is 5.91 Å². The summed E-state index contributed by atoms with van der Waals surface area (Å²) >= 11 is 0. The molecule has 2 N–H and O–H groups in total. The Morgan fingerprint density at radius 1 is 1.00 bits per heavy atom. The van der Waals surface area contributed by atoms with Gasteiger partial charge < -0.3 is 15.4 Å². The first-order valence-corrected chi connectivity index (χ1v) is 10.7. The number of amides is 1. The number of nitrogens with two attached hydrogens (primary N) is 1. The number of anilines is 1. The molecule has 0 atom stereocenters. The molecule has 1 fully saturated rings. The maximum atomic E-state index is 14.2. The van der Waals surface area contributed by atoms with E-state index >= 15 is 0 Å². The van der Waals surface area contributed by atoms with Crippen LogP contribution in [-0.4, -0.2) is 32.2 Å². The quantitative estimate of drug-likeness (QED) is 0.578. The van der Waals surface area contributed by atoms with Gasteiger partial charge in [0.25, 0.3) is 0 Å². The number of halogens is 3. The molecule has 0 radical (unpaired) electrons. The summed E-state index contributed by atoms with van der Waals surface area (Å²) in [6.45, 7) is 3.23. The molecule has 1 saturated heterocycles. The Hall–Kier alpha value is -3.83. The lowest BCUT2D eigenvalue weighted by molar-refractivity contribution is -0.137. The summed E-state index contributed by atoms with van der Waals surface area (Å²) in [5.74, 6) is -0.740. The number of benzene rings is 3. The first kappa shape index (κ1) is 23.3. The zero-order valence-electron chi connectivity index (χ0n) is 18.4. The fourth-order valence-electron chi connectivity index (χ4n) is 4.29. The Morgan fingerprint density at radius 2 is 1.65 bits per heavy atom. The van der Waals surface area contributed by atoms with Crippen LogP contribution in [0.15, 0.2) is 54.6 Å². The van der Waals surface area contributed by atoms with Gasteiger partial charge in [-0.15, -0.1) is 0 Å². The highest BCUT2D eigenvalue weighted by Gasteiger charge is 2.36. The first-order chi connectivity index (χ1) is 16.2. The normalized spacial score (nSPS) is 14.0. The predicted molar refractivity (Wildman–Crippen MR) is 123 cm³/mol. The summed E-state index contributed by atoms with van der Waals surface area (Å²) in [6.07, 6.45) is -4.60. The van der Waals surface area contributed by atoms with Crippen LogP contribution < -0.4 is 10.6 Å². The van der Waals surface area contributed by atoms with Gasteiger partial charge in [-0.05, 0) is 59.5 Å². The van der Waals surface area contributed by atoms with Crippen molar-refractivity contribution in [3.05, 3.63) is 76.9 Å². The Bertz CT molecular complexity index is 1270. The zero-order chi connectivity index (χ0) is 24.5. The number of nitriles is 1. The van der Waals surface area contributed by atoms with E-state index in [2.05, 4.69) is 0 Å². The molecule has 0 spiro atoms. The van der Waals surface area contributed by atoms with Crippen LogP contribution in [-0.2, 0) is 10.9 Å². The lowest BCUT2D eigenvalue weighted by atomic mass is 9.86. The van der Waals surface area contributed by atoms with E-state index in [9.17, 15) is 18.0 Å². The van der Waals surface area contributed by atoms with Crippen LogP contribution in [0.1, 0.15) is 27.0 Å². The lowest BCUT2D eigenvalue weighted by Crippen LogP contribution is -2.37. The number of primary amides is 1. The number of morpholine rings is 1. The summed E-state index contributed by atoms with van der Waals surface area (Å²) in [7, 11) is 0. The molecule has 5 nitrogen and oxygen atoms in total. The largest absolute Gasteiger partial charge is 0.418 e. The van der Waals surface area contributed by atoms with E-state index in [-0.39, 0.29) is 16.8 Å². The van der Waals surface area contributed by atoms with E-state index in [4.69, 9.17) is 15.7 Å². The summed E-state index contributed by atoms with van der Waals surface area (Å²) in [4.78, 5) is 14.0. The maximum Gasteiger partial charge on any atom is 0.418 e. The number of hydrogen-bond donors (Lipinski definition) is 1. The maximum absolute atomic E-state index is 14.2. The predicted octanol–water partition coefficient (Wildman–Crippen LogP) is 5.16. The molecular weight excluding hydrogens is 443 g/mol. The summed E-state index contributed by atoms with van der Waals surface area (Å²) in [5.41, 5.74) is 8.09. The van der Waals surface area contributed by atoms with E-state index in [0.29, 0.717) is 48.6 Å². The van der Waals surface area contributed by atoms with Crippen molar-refractivity contribution in [2.45, 2.75) is 13.1 Å². The number of carbonyl (C=O) groups excluding carboxylic acids is 1. The molecule has 34 heavy (non-hydrogen) atoms. The number of aryl methyl sites for hydroxylation is 1. The minimum atomic E-state index is -4.60. The van der Waals surface area contributed by atoms with Gasteiger partial charge in [-0.1, -0.05) is 24.3 Å². The standard InChI is InChI=1S/C26H22F3N3O2/c1-16-2-8-20(25(31)33)24(23(16)18-5-3-17(15-30)4-6-18)19-7-9-22(21(14-19)26(27,28)29)32-10-12-34-13-11-32/h2-9,14H,10-13H2,1H3,(H2,31,33). The molecule has 0 aliphatic carbocycles. The molecule has 174 valence electrons. The number of hydrogen-bond acceptors (Lipinski definition) is 4. The van der Waals surface area contributed by atoms with Gasteiger partial charge in [0.1, 0.15) is 0 Å². The van der Waals surface area contributed by atoms with Gasteiger partial charge in [0.05, 0.1) is 30.4 Å². The third kappa shape index (κ3) is 4.47. The molecule has 1 heterocycles. The second-order valence-electron chi connectivity index (χ2n) is 8.06. The number of nitrogens with zero attached hydrogens (tertiary/aromatic N) is 2. The Labute approximate surface area is 195 Å². The van der Waals surface area contributed by atoms with E-state index in [1.807, 2.05) is 13.0 Å². The molecule has 0 bridgehead atoms. The minimum absolute atomic E-state index is 0.0766. The highest BCUT2D eigenvalue weighted by Crippen LogP contribution is 2.43. The fraction of sp³-hybridized carbons (Fsp3) is 0.231. The van der Waals surface area contributed by atoms with Crippen LogP contribution in [0.25, 0.3) is 22.3 Å². The van der Waals surface area contributed by atoms with Gasteiger partial charge in [-0.3, -0.25) is 4.79 Å². The van der Waals surface area contributed by atoms with Crippen molar-refractivity contribution in [2.24, 2.45) is 5.73 Å². The van der Waals surface area contributed by atoms with E-state index in [1.54, 1.807) is 41.3 Å². The number of alkyl halides is 3.